The molecular formula is C24H23ClN6O3S. The minimum Gasteiger partial charge on any atom is -0.494 e. The maximum atomic E-state index is 13.4. The summed E-state index contributed by atoms with van der Waals surface area (Å²) in [6.07, 6.45) is 4.30. The molecule has 0 radical (unpaired) electrons. The molecule has 4 aromatic heterocycles. The third-order valence-electron chi connectivity index (χ3n) is 5.80. The topological polar surface area (TPSA) is 113 Å². The number of carbonyl (C=O) groups excluding carboxylic acids is 1. The molecule has 5 rings (SSSR count). The highest BCUT2D eigenvalue weighted by Crippen LogP contribution is 2.36. The minimum absolute atomic E-state index is 0.0140. The second-order valence-electron chi connectivity index (χ2n) is 8.09. The Balaban J connectivity index is 1.46. The molecule has 0 saturated carbocycles. The normalized spacial score (nSPS) is 14.7. The molecule has 0 aliphatic carbocycles. The van der Waals surface area contributed by atoms with E-state index in [4.69, 9.17) is 22.7 Å². The lowest BCUT2D eigenvalue weighted by molar-refractivity contribution is 0.102. The summed E-state index contributed by atoms with van der Waals surface area (Å²) < 4.78 is 13.2. The quantitative estimate of drug-likeness (QED) is 0.380. The summed E-state index contributed by atoms with van der Waals surface area (Å²) in [7, 11) is 1.52. The molecule has 0 spiro atoms. The number of carbonyl (C=O) groups is 1. The van der Waals surface area contributed by atoms with E-state index in [2.05, 4.69) is 25.2 Å². The van der Waals surface area contributed by atoms with Crippen molar-refractivity contribution in [2.45, 2.75) is 25.8 Å². The monoisotopic (exact) mass is 511 g/mol. The zero-order chi connectivity index (χ0) is 25.2. The molecule has 0 aromatic carbocycles. The average molecular weight is 512 g/mol. The Kier molecular flexibility index (Phi) is 6.15. The number of amides is 1. The summed E-state index contributed by atoms with van der Waals surface area (Å²) in [6, 6.07) is 7.16. The number of thiazole rings is 1. The van der Waals surface area contributed by atoms with Gasteiger partial charge in [0.1, 0.15) is 27.1 Å². The Hall–Kier alpha value is -3.34. The number of hydrogen-bond donors (Lipinski definition) is 2. The number of aliphatic hydroxyl groups excluding tert-OH is 1. The SMILES string of the molecule is [2H]Cc1cc(-c2ccncc2OC)c(C(=O)Nc2nc3ccc(N4CCC(O)CC4)nc3s2)c(Cl)n1. The molecule has 11 heteroatoms. The Bertz CT molecular complexity index is 1430. The highest BCUT2D eigenvalue weighted by Gasteiger charge is 2.23. The van der Waals surface area contributed by atoms with Crippen LogP contribution in [0.2, 0.25) is 5.15 Å². The van der Waals surface area contributed by atoms with Crippen LogP contribution in [0.25, 0.3) is 21.5 Å². The maximum Gasteiger partial charge on any atom is 0.261 e. The van der Waals surface area contributed by atoms with Gasteiger partial charge in [-0.15, -0.1) is 0 Å². The molecule has 1 amide bonds. The number of aromatic nitrogens is 4. The van der Waals surface area contributed by atoms with E-state index in [9.17, 15) is 9.90 Å². The van der Waals surface area contributed by atoms with Gasteiger partial charge in [0.05, 0.1) is 25.0 Å². The molecule has 180 valence electrons. The highest BCUT2D eigenvalue weighted by atomic mass is 35.5. The van der Waals surface area contributed by atoms with Gasteiger partial charge in [-0.2, -0.15) is 0 Å². The van der Waals surface area contributed by atoms with Crippen molar-refractivity contribution in [3.05, 3.63) is 53.1 Å². The Morgan fingerprint density at radius 3 is 2.86 bits per heavy atom. The molecule has 0 atom stereocenters. The van der Waals surface area contributed by atoms with Crippen molar-refractivity contribution in [1.82, 2.24) is 19.9 Å². The summed E-state index contributed by atoms with van der Waals surface area (Å²) >= 11 is 7.71. The number of anilines is 2. The zero-order valence-corrected chi connectivity index (χ0v) is 20.4. The number of pyridine rings is 3. The number of piperidine rings is 1. The Morgan fingerprint density at radius 1 is 1.26 bits per heavy atom. The van der Waals surface area contributed by atoms with Gasteiger partial charge in [0.2, 0.25) is 0 Å². The Labute approximate surface area is 212 Å². The fraction of sp³-hybridized carbons (Fsp3) is 0.292. The number of fused-ring (bicyclic) bond motifs is 1. The lowest BCUT2D eigenvalue weighted by atomic mass is 10.0. The van der Waals surface area contributed by atoms with Crippen LogP contribution in [-0.2, 0) is 0 Å². The third kappa shape index (κ3) is 4.77. The second kappa shape index (κ2) is 9.73. The summed E-state index contributed by atoms with van der Waals surface area (Å²) in [5.74, 6) is 0.801. The standard InChI is InChI=1S/C24H23ClN6O3S/c1-13-11-16(15-5-8-26-12-18(15)34-2)20(21(25)27-13)22(33)30-24-28-17-3-4-19(29-23(17)35-24)31-9-6-14(32)7-10-31/h3-5,8,11-12,14,32H,6-7,9-10H2,1-2H3,(H,28,30,33)/i1D. The second-order valence-corrected chi connectivity index (χ2v) is 9.42. The van der Waals surface area contributed by atoms with Gasteiger partial charge in [-0.05, 0) is 44.0 Å². The lowest BCUT2D eigenvalue weighted by Gasteiger charge is -2.30. The first-order chi connectivity index (χ1) is 17.5. The van der Waals surface area contributed by atoms with Crippen molar-refractivity contribution in [1.29, 1.82) is 0 Å². The molecule has 2 N–H and O–H groups in total. The molecule has 1 saturated heterocycles. The number of methoxy groups -OCH3 is 1. The van der Waals surface area contributed by atoms with E-state index < -0.39 is 5.91 Å². The molecule has 1 fully saturated rings. The summed E-state index contributed by atoms with van der Waals surface area (Å²) in [6.45, 7) is 1.39. The van der Waals surface area contributed by atoms with Gasteiger partial charge in [0.25, 0.3) is 5.91 Å². The van der Waals surface area contributed by atoms with E-state index in [0.717, 1.165) is 18.9 Å². The molecule has 35 heavy (non-hydrogen) atoms. The molecular weight excluding hydrogens is 488 g/mol. The average Bonchev–Trinajstić information content (AvgIpc) is 3.29. The van der Waals surface area contributed by atoms with Crippen LogP contribution in [0.3, 0.4) is 0 Å². The van der Waals surface area contributed by atoms with E-state index in [-0.39, 0.29) is 23.7 Å². The van der Waals surface area contributed by atoms with Gasteiger partial charge in [-0.25, -0.2) is 15.0 Å². The van der Waals surface area contributed by atoms with Crippen LogP contribution < -0.4 is 15.0 Å². The maximum absolute atomic E-state index is 13.4. The van der Waals surface area contributed by atoms with Crippen LogP contribution in [0.15, 0.2) is 36.7 Å². The third-order valence-corrected chi connectivity index (χ3v) is 6.95. The van der Waals surface area contributed by atoms with Gasteiger partial charge >= 0.3 is 0 Å². The fourth-order valence-electron chi connectivity index (χ4n) is 4.05. The van der Waals surface area contributed by atoms with Crippen molar-refractivity contribution in [2.75, 3.05) is 30.4 Å². The predicted molar refractivity (Wildman–Crippen MR) is 137 cm³/mol. The van der Waals surface area contributed by atoms with E-state index in [1.807, 2.05) is 12.1 Å². The summed E-state index contributed by atoms with van der Waals surface area (Å²) in [5.41, 5.74) is 2.34. The lowest BCUT2D eigenvalue weighted by Crippen LogP contribution is -2.36. The molecule has 9 nitrogen and oxygen atoms in total. The van der Waals surface area contributed by atoms with Crippen LogP contribution in [-0.4, -0.2) is 57.3 Å². The smallest absolute Gasteiger partial charge is 0.261 e. The van der Waals surface area contributed by atoms with Crippen LogP contribution in [0.5, 0.6) is 5.75 Å². The molecule has 0 unspecified atom stereocenters. The summed E-state index contributed by atoms with van der Waals surface area (Å²) in [5, 5.41) is 13.0. The van der Waals surface area contributed by atoms with E-state index >= 15 is 0 Å². The van der Waals surface area contributed by atoms with Gasteiger partial charge in [-0.3, -0.25) is 15.1 Å². The van der Waals surface area contributed by atoms with Gasteiger partial charge in [0.15, 0.2) is 5.13 Å². The first kappa shape index (κ1) is 22.1. The Morgan fingerprint density at radius 2 is 2.09 bits per heavy atom. The first-order valence-electron chi connectivity index (χ1n) is 11.7. The van der Waals surface area contributed by atoms with E-state index in [1.54, 1.807) is 24.5 Å². The number of ether oxygens (including phenoxy) is 1. The van der Waals surface area contributed by atoms with Crippen LogP contribution >= 0.6 is 22.9 Å². The van der Waals surface area contributed by atoms with Crippen LogP contribution in [0, 0.1) is 6.90 Å². The van der Waals surface area contributed by atoms with Gasteiger partial charge in [-0.1, -0.05) is 22.9 Å². The minimum atomic E-state index is -0.484. The van der Waals surface area contributed by atoms with Crippen molar-refractivity contribution in [3.63, 3.8) is 0 Å². The number of nitrogens with zero attached hydrogens (tertiary/aromatic N) is 5. The largest absolute Gasteiger partial charge is 0.494 e. The first-order valence-corrected chi connectivity index (χ1v) is 12.1. The molecule has 0 bridgehead atoms. The van der Waals surface area contributed by atoms with Crippen molar-refractivity contribution in [2.24, 2.45) is 0 Å². The highest BCUT2D eigenvalue weighted by molar-refractivity contribution is 7.22. The van der Waals surface area contributed by atoms with Gasteiger partial charge < -0.3 is 14.7 Å². The fourth-order valence-corrected chi connectivity index (χ4v) is 5.17. The van der Waals surface area contributed by atoms with E-state index in [1.165, 1.54) is 18.4 Å². The molecule has 4 aromatic rings. The number of aliphatic hydroxyl groups is 1. The van der Waals surface area contributed by atoms with Crippen molar-refractivity contribution in [3.8, 4) is 16.9 Å². The number of halogens is 1. The number of nitrogens with one attached hydrogen (secondary N) is 1. The number of aryl methyl sites for hydroxylation is 1. The summed E-state index contributed by atoms with van der Waals surface area (Å²) in [4.78, 5) is 33.8. The van der Waals surface area contributed by atoms with Gasteiger partial charge in [0, 0.05) is 37.5 Å². The van der Waals surface area contributed by atoms with Crippen molar-refractivity contribution >= 4 is 50.1 Å². The molecule has 1 aliphatic rings. The zero-order valence-electron chi connectivity index (χ0n) is 19.9. The van der Waals surface area contributed by atoms with E-state index in [0.29, 0.717) is 50.9 Å². The molecule has 5 heterocycles. The van der Waals surface area contributed by atoms with Crippen molar-refractivity contribution < 1.29 is 16.0 Å². The van der Waals surface area contributed by atoms with Crippen LogP contribution in [0.1, 0.15) is 30.3 Å². The predicted octanol–water partition coefficient (Wildman–Crippen LogP) is 4.33. The number of hydrogen-bond acceptors (Lipinski definition) is 9. The number of rotatable bonds is 5. The molecule has 1 aliphatic heterocycles. The van der Waals surface area contributed by atoms with Crippen LogP contribution in [0.4, 0.5) is 10.9 Å².